The number of aromatic amines is 2. The van der Waals surface area contributed by atoms with Crippen molar-refractivity contribution < 1.29 is 9.53 Å². The number of amides is 1. The first kappa shape index (κ1) is 24.0. The van der Waals surface area contributed by atoms with Crippen LogP contribution >= 0.6 is 0 Å². The van der Waals surface area contributed by atoms with Crippen LogP contribution in [-0.2, 0) is 24.1 Å². The van der Waals surface area contributed by atoms with Crippen LogP contribution in [0.15, 0.2) is 73.1 Å². The Hall–Kier alpha value is -4.34. The van der Waals surface area contributed by atoms with Crippen LogP contribution in [-0.4, -0.2) is 62.3 Å². The highest BCUT2D eigenvalue weighted by Crippen LogP contribution is 2.27. The van der Waals surface area contributed by atoms with Crippen molar-refractivity contribution in [2.75, 3.05) is 31.6 Å². The second kappa shape index (κ2) is 11.0. The van der Waals surface area contributed by atoms with Crippen molar-refractivity contribution in [1.82, 2.24) is 30.0 Å². The molecule has 0 unspecified atom stereocenters. The van der Waals surface area contributed by atoms with Crippen LogP contribution in [0.3, 0.4) is 0 Å². The van der Waals surface area contributed by atoms with Crippen molar-refractivity contribution in [3.05, 3.63) is 95.4 Å². The van der Waals surface area contributed by atoms with Crippen molar-refractivity contribution in [1.29, 1.82) is 0 Å². The highest BCUT2D eigenvalue weighted by atomic mass is 16.5. The molecule has 5 aromatic rings. The fraction of sp³-hybridized carbons (Fsp3) is 0.241. The largest absolute Gasteiger partial charge is 0.379 e. The SMILES string of the molecule is O=C(Nc1cn[nH]c1-c1nc2ccc(CN3CCOCC3)cc2[nH]1)c1ncccc1CCc1ccccc1. The molecule has 1 fully saturated rings. The number of pyridine rings is 1. The fourth-order valence-corrected chi connectivity index (χ4v) is 4.80. The van der Waals surface area contributed by atoms with E-state index in [1.807, 2.05) is 36.4 Å². The molecule has 38 heavy (non-hydrogen) atoms. The third-order valence-electron chi connectivity index (χ3n) is 6.81. The molecule has 1 aliphatic rings. The minimum atomic E-state index is -0.278. The second-order valence-electron chi connectivity index (χ2n) is 9.43. The van der Waals surface area contributed by atoms with Gasteiger partial charge in [-0.1, -0.05) is 42.5 Å². The molecule has 0 bridgehead atoms. The normalized spacial score (nSPS) is 14.1. The molecule has 0 radical (unpaired) electrons. The van der Waals surface area contributed by atoms with Crippen LogP contribution in [0.4, 0.5) is 5.69 Å². The molecule has 9 heteroatoms. The van der Waals surface area contributed by atoms with Crippen molar-refractivity contribution in [2.45, 2.75) is 19.4 Å². The molecule has 0 spiro atoms. The molecule has 0 atom stereocenters. The molecular weight excluding hydrogens is 478 g/mol. The lowest BCUT2D eigenvalue weighted by Gasteiger charge is -2.26. The van der Waals surface area contributed by atoms with E-state index in [9.17, 15) is 4.79 Å². The van der Waals surface area contributed by atoms with E-state index in [0.29, 0.717) is 22.9 Å². The molecule has 0 saturated carbocycles. The van der Waals surface area contributed by atoms with Crippen molar-refractivity contribution in [2.24, 2.45) is 0 Å². The number of hydrogen-bond donors (Lipinski definition) is 3. The Labute approximate surface area is 220 Å². The monoisotopic (exact) mass is 507 g/mol. The summed E-state index contributed by atoms with van der Waals surface area (Å²) in [5.41, 5.74) is 6.69. The van der Waals surface area contributed by atoms with Crippen molar-refractivity contribution in [3.63, 3.8) is 0 Å². The Morgan fingerprint density at radius 1 is 1.00 bits per heavy atom. The number of fused-ring (bicyclic) bond motifs is 1. The van der Waals surface area contributed by atoms with Gasteiger partial charge in [0.25, 0.3) is 5.91 Å². The Bertz CT molecular complexity index is 1540. The zero-order chi connectivity index (χ0) is 25.7. The molecule has 1 saturated heterocycles. The average Bonchev–Trinajstić information content (AvgIpc) is 3.59. The van der Waals surface area contributed by atoms with Gasteiger partial charge < -0.3 is 15.0 Å². The summed E-state index contributed by atoms with van der Waals surface area (Å²) >= 11 is 0. The molecule has 4 heterocycles. The smallest absolute Gasteiger partial charge is 0.274 e. The number of nitrogens with zero attached hydrogens (tertiary/aromatic N) is 4. The first-order valence-corrected chi connectivity index (χ1v) is 12.8. The lowest BCUT2D eigenvalue weighted by atomic mass is 10.0. The third-order valence-corrected chi connectivity index (χ3v) is 6.81. The standard InChI is InChI=1S/C29H29N7O2/c37-29(26-22(7-4-12-30-26)10-8-20-5-2-1-3-6-20)34-25-18-31-35-27(25)28-32-23-11-9-21(17-24(23)33-28)19-36-13-15-38-16-14-36/h1-7,9,11-12,17-18H,8,10,13-16,19H2,(H,31,35)(H,32,33)(H,34,37). The summed E-state index contributed by atoms with van der Waals surface area (Å²) in [6.07, 6.45) is 4.79. The Morgan fingerprint density at radius 2 is 1.87 bits per heavy atom. The Balaban J connectivity index is 1.19. The van der Waals surface area contributed by atoms with E-state index in [1.165, 1.54) is 11.1 Å². The van der Waals surface area contributed by atoms with Gasteiger partial charge in [0.15, 0.2) is 5.82 Å². The van der Waals surface area contributed by atoms with Gasteiger partial charge in [0.2, 0.25) is 0 Å². The number of hydrogen-bond acceptors (Lipinski definition) is 6. The first-order chi connectivity index (χ1) is 18.7. The van der Waals surface area contributed by atoms with Crippen LogP contribution in [0, 0.1) is 0 Å². The average molecular weight is 508 g/mol. The Morgan fingerprint density at radius 3 is 2.74 bits per heavy atom. The van der Waals surface area contributed by atoms with Crippen LogP contribution in [0.1, 0.15) is 27.2 Å². The fourth-order valence-electron chi connectivity index (χ4n) is 4.80. The molecule has 0 aliphatic carbocycles. The topological polar surface area (TPSA) is 112 Å². The van der Waals surface area contributed by atoms with Gasteiger partial charge in [-0.3, -0.25) is 19.8 Å². The number of rotatable bonds is 8. The van der Waals surface area contributed by atoms with E-state index < -0.39 is 0 Å². The summed E-state index contributed by atoms with van der Waals surface area (Å²) in [6, 6.07) is 20.3. The molecular formula is C29H29N7O2. The first-order valence-electron chi connectivity index (χ1n) is 12.8. The summed E-state index contributed by atoms with van der Waals surface area (Å²) in [4.78, 5) is 28.2. The molecule has 6 rings (SSSR count). The van der Waals surface area contributed by atoms with Crippen molar-refractivity contribution >= 4 is 22.6 Å². The molecule has 3 N–H and O–H groups in total. The number of aromatic nitrogens is 5. The molecule has 1 aliphatic heterocycles. The quantitative estimate of drug-likeness (QED) is 0.290. The number of imidazole rings is 1. The summed E-state index contributed by atoms with van der Waals surface area (Å²) in [5, 5.41) is 10.1. The lowest BCUT2D eigenvalue weighted by Crippen LogP contribution is -2.35. The number of H-pyrrole nitrogens is 2. The van der Waals surface area contributed by atoms with E-state index in [0.717, 1.165) is 62.3 Å². The van der Waals surface area contributed by atoms with Gasteiger partial charge in [0.1, 0.15) is 11.4 Å². The molecule has 9 nitrogen and oxygen atoms in total. The number of nitrogens with one attached hydrogen (secondary N) is 3. The zero-order valence-electron chi connectivity index (χ0n) is 21.0. The molecule has 1 amide bonds. The van der Waals surface area contributed by atoms with Crippen molar-refractivity contribution in [3.8, 4) is 11.5 Å². The van der Waals surface area contributed by atoms with Crippen LogP contribution in [0.2, 0.25) is 0 Å². The van der Waals surface area contributed by atoms with E-state index in [4.69, 9.17) is 9.72 Å². The number of carbonyl (C=O) groups excluding carboxylic acids is 1. The van der Waals surface area contributed by atoms with Gasteiger partial charge in [0.05, 0.1) is 36.1 Å². The van der Waals surface area contributed by atoms with Gasteiger partial charge >= 0.3 is 0 Å². The number of ether oxygens (including phenoxy) is 1. The van der Waals surface area contributed by atoms with Gasteiger partial charge in [-0.15, -0.1) is 0 Å². The summed E-state index contributed by atoms with van der Waals surface area (Å²) < 4.78 is 5.45. The molecule has 192 valence electrons. The predicted molar refractivity (Wildman–Crippen MR) is 146 cm³/mol. The second-order valence-corrected chi connectivity index (χ2v) is 9.43. The van der Waals surface area contributed by atoms with Gasteiger partial charge in [-0.05, 0) is 47.7 Å². The van der Waals surface area contributed by atoms with Gasteiger partial charge in [-0.2, -0.15) is 5.10 Å². The maximum atomic E-state index is 13.3. The minimum absolute atomic E-state index is 0.278. The van der Waals surface area contributed by atoms with E-state index in [-0.39, 0.29) is 5.91 Å². The maximum absolute atomic E-state index is 13.3. The Kier molecular flexibility index (Phi) is 6.93. The highest BCUT2D eigenvalue weighted by Gasteiger charge is 2.19. The third kappa shape index (κ3) is 5.34. The van der Waals surface area contributed by atoms with Gasteiger partial charge in [0, 0.05) is 25.8 Å². The molecule has 2 aromatic carbocycles. The summed E-state index contributed by atoms with van der Waals surface area (Å²) in [6.45, 7) is 4.30. The number of carbonyl (C=O) groups is 1. The zero-order valence-corrected chi connectivity index (χ0v) is 21.0. The molecule has 3 aromatic heterocycles. The number of anilines is 1. The minimum Gasteiger partial charge on any atom is -0.379 e. The van der Waals surface area contributed by atoms with E-state index in [2.05, 4.69) is 54.6 Å². The maximum Gasteiger partial charge on any atom is 0.274 e. The summed E-state index contributed by atoms with van der Waals surface area (Å²) in [5.74, 6) is 0.335. The highest BCUT2D eigenvalue weighted by molar-refractivity contribution is 6.05. The number of benzene rings is 2. The van der Waals surface area contributed by atoms with Crippen LogP contribution in [0.25, 0.3) is 22.6 Å². The van der Waals surface area contributed by atoms with E-state index in [1.54, 1.807) is 12.4 Å². The lowest BCUT2D eigenvalue weighted by molar-refractivity contribution is 0.0342. The van der Waals surface area contributed by atoms with Crippen LogP contribution < -0.4 is 5.32 Å². The van der Waals surface area contributed by atoms with E-state index >= 15 is 0 Å². The van der Waals surface area contributed by atoms with Crippen LogP contribution in [0.5, 0.6) is 0 Å². The van der Waals surface area contributed by atoms with Gasteiger partial charge in [-0.25, -0.2) is 4.98 Å². The number of morpholine rings is 1. The predicted octanol–water partition coefficient (Wildman–Crippen LogP) is 4.22. The summed E-state index contributed by atoms with van der Waals surface area (Å²) in [7, 11) is 0. The number of aryl methyl sites for hydroxylation is 2.